The molecule has 0 unspecified atom stereocenters. The minimum Gasteiger partial charge on any atom is -0.386 e. The molecule has 1 heterocycles. The first-order valence-electron chi connectivity index (χ1n) is 7.58. The lowest BCUT2D eigenvalue weighted by molar-refractivity contribution is 0.0443. The molecule has 3 nitrogen and oxygen atoms in total. The van der Waals surface area contributed by atoms with Gasteiger partial charge in [-0.05, 0) is 64.2 Å². The number of benzene rings is 1. The molecule has 3 heteroatoms. The van der Waals surface area contributed by atoms with Crippen LogP contribution in [0.15, 0.2) is 35.4 Å². The summed E-state index contributed by atoms with van der Waals surface area (Å²) >= 11 is 0. The standard InChI is InChI=1S/C19H22O3/c1-12(2)6-5-7-13(3)8-10-15-14(4)9-11-16-17(15)19(21)22-18(16)20/h6,8-9,11H,5,7,10H2,1-4H3. The van der Waals surface area contributed by atoms with Gasteiger partial charge in [-0.1, -0.05) is 29.4 Å². The summed E-state index contributed by atoms with van der Waals surface area (Å²) in [6, 6.07) is 3.55. The van der Waals surface area contributed by atoms with E-state index in [0.29, 0.717) is 17.5 Å². The smallest absolute Gasteiger partial charge is 0.347 e. The summed E-state index contributed by atoms with van der Waals surface area (Å²) in [5.41, 5.74) is 5.35. The maximum absolute atomic E-state index is 11.9. The van der Waals surface area contributed by atoms with E-state index in [1.54, 1.807) is 6.07 Å². The van der Waals surface area contributed by atoms with Crippen molar-refractivity contribution in [2.45, 2.75) is 47.0 Å². The van der Waals surface area contributed by atoms with Crippen LogP contribution in [-0.4, -0.2) is 11.9 Å². The Morgan fingerprint density at radius 1 is 1.09 bits per heavy atom. The number of rotatable bonds is 5. The average molecular weight is 298 g/mol. The highest BCUT2D eigenvalue weighted by molar-refractivity contribution is 6.15. The summed E-state index contributed by atoms with van der Waals surface area (Å²) in [5, 5.41) is 0. The summed E-state index contributed by atoms with van der Waals surface area (Å²) in [6.45, 7) is 8.25. The van der Waals surface area contributed by atoms with Crippen molar-refractivity contribution in [2.75, 3.05) is 0 Å². The number of fused-ring (bicyclic) bond motifs is 1. The number of ether oxygens (including phenoxy) is 1. The van der Waals surface area contributed by atoms with Gasteiger partial charge < -0.3 is 4.74 Å². The molecule has 0 fully saturated rings. The maximum atomic E-state index is 11.9. The van der Waals surface area contributed by atoms with Crippen LogP contribution in [0.1, 0.15) is 65.5 Å². The van der Waals surface area contributed by atoms with Crippen molar-refractivity contribution in [1.29, 1.82) is 0 Å². The van der Waals surface area contributed by atoms with Crippen LogP contribution >= 0.6 is 0 Å². The van der Waals surface area contributed by atoms with Crippen LogP contribution in [0.25, 0.3) is 0 Å². The number of allylic oxidation sites excluding steroid dienone is 4. The van der Waals surface area contributed by atoms with Gasteiger partial charge in [-0.15, -0.1) is 0 Å². The molecule has 116 valence electrons. The number of esters is 2. The monoisotopic (exact) mass is 298 g/mol. The first-order chi connectivity index (χ1) is 10.4. The lowest BCUT2D eigenvalue weighted by Gasteiger charge is -2.07. The predicted octanol–water partition coefficient (Wildman–Crippen LogP) is 4.54. The molecule has 0 amide bonds. The molecule has 0 bridgehead atoms. The minimum absolute atomic E-state index is 0.390. The van der Waals surface area contributed by atoms with Gasteiger partial charge in [0.15, 0.2) is 0 Å². The van der Waals surface area contributed by atoms with E-state index in [4.69, 9.17) is 4.74 Å². The molecular formula is C19H22O3. The minimum atomic E-state index is -0.537. The molecule has 0 N–H and O–H groups in total. The van der Waals surface area contributed by atoms with Gasteiger partial charge >= 0.3 is 11.9 Å². The highest BCUT2D eigenvalue weighted by atomic mass is 16.6. The SMILES string of the molecule is CC(C)=CCCC(C)=CCc1c(C)ccc2c1C(=O)OC2=O. The number of carbonyl (C=O) groups is 2. The average Bonchev–Trinajstić information content (AvgIpc) is 2.72. The Morgan fingerprint density at radius 2 is 1.82 bits per heavy atom. The highest BCUT2D eigenvalue weighted by Gasteiger charge is 2.32. The molecule has 1 aliphatic rings. The van der Waals surface area contributed by atoms with E-state index in [0.717, 1.165) is 24.0 Å². The van der Waals surface area contributed by atoms with Crippen LogP contribution < -0.4 is 0 Å². The highest BCUT2D eigenvalue weighted by Crippen LogP contribution is 2.27. The summed E-state index contributed by atoms with van der Waals surface area (Å²) in [5.74, 6) is -1.06. The molecule has 0 aromatic heterocycles. The summed E-state index contributed by atoms with van der Waals surface area (Å²) in [7, 11) is 0. The second kappa shape index (κ2) is 6.73. The van der Waals surface area contributed by atoms with E-state index in [-0.39, 0.29) is 0 Å². The Kier molecular flexibility index (Phi) is 4.96. The molecule has 1 aliphatic heterocycles. The van der Waals surface area contributed by atoms with Crippen molar-refractivity contribution in [3.8, 4) is 0 Å². The summed E-state index contributed by atoms with van der Waals surface area (Å²) in [6.07, 6.45) is 7.04. The summed E-state index contributed by atoms with van der Waals surface area (Å²) in [4.78, 5) is 23.5. The van der Waals surface area contributed by atoms with Crippen molar-refractivity contribution < 1.29 is 14.3 Å². The second-order valence-electron chi connectivity index (χ2n) is 6.04. The molecule has 0 radical (unpaired) electrons. The molecule has 1 aromatic rings. The second-order valence-corrected chi connectivity index (χ2v) is 6.04. The van der Waals surface area contributed by atoms with Crippen LogP contribution in [0.3, 0.4) is 0 Å². The maximum Gasteiger partial charge on any atom is 0.347 e. The third kappa shape index (κ3) is 3.53. The van der Waals surface area contributed by atoms with Gasteiger partial charge in [-0.25, -0.2) is 9.59 Å². The van der Waals surface area contributed by atoms with E-state index in [1.807, 2.05) is 13.0 Å². The van der Waals surface area contributed by atoms with Gasteiger partial charge in [-0.2, -0.15) is 0 Å². The molecular weight excluding hydrogens is 276 g/mol. The quantitative estimate of drug-likeness (QED) is 0.455. The van der Waals surface area contributed by atoms with Crippen LogP contribution in [0.5, 0.6) is 0 Å². The van der Waals surface area contributed by atoms with Crippen molar-refractivity contribution in [3.05, 3.63) is 57.7 Å². The molecule has 0 saturated carbocycles. The Bertz CT molecular complexity index is 674. The number of carbonyl (C=O) groups excluding carboxylic acids is 2. The third-order valence-electron chi connectivity index (χ3n) is 3.90. The van der Waals surface area contributed by atoms with E-state index in [1.165, 1.54) is 11.1 Å². The van der Waals surface area contributed by atoms with Gasteiger partial charge in [0.05, 0.1) is 11.1 Å². The van der Waals surface area contributed by atoms with Gasteiger partial charge in [0.25, 0.3) is 0 Å². The number of cyclic esters (lactones) is 2. The topological polar surface area (TPSA) is 43.4 Å². The predicted molar refractivity (Wildman–Crippen MR) is 87.1 cm³/mol. The zero-order valence-corrected chi connectivity index (χ0v) is 13.7. The Labute approximate surface area is 131 Å². The molecule has 0 aliphatic carbocycles. The van der Waals surface area contributed by atoms with Gasteiger partial charge in [0, 0.05) is 0 Å². The van der Waals surface area contributed by atoms with Gasteiger partial charge in [-0.3, -0.25) is 0 Å². The lowest BCUT2D eigenvalue weighted by Crippen LogP contribution is -2.02. The molecule has 1 aromatic carbocycles. The molecule has 0 saturated heterocycles. The zero-order valence-electron chi connectivity index (χ0n) is 13.7. The van der Waals surface area contributed by atoms with Crippen molar-refractivity contribution >= 4 is 11.9 Å². The molecule has 2 rings (SSSR count). The van der Waals surface area contributed by atoms with Gasteiger partial charge in [0.2, 0.25) is 0 Å². The largest absolute Gasteiger partial charge is 0.386 e. The van der Waals surface area contributed by atoms with E-state index in [9.17, 15) is 9.59 Å². The first-order valence-corrected chi connectivity index (χ1v) is 7.58. The van der Waals surface area contributed by atoms with Crippen LogP contribution in [0.2, 0.25) is 0 Å². The van der Waals surface area contributed by atoms with E-state index < -0.39 is 11.9 Å². The number of hydrogen-bond acceptors (Lipinski definition) is 3. The van der Waals surface area contributed by atoms with Crippen LogP contribution in [0, 0.1) is 6.92 Å². The fourth-order valence-electron chi connectivity index (χ4n) is 2.58. The Balaban J connectivity index is 2.19. The Hall–Kier alpha value is -2.16. The van der Waals surface area contributed by atoms with E-state index >= 15 is 0 Å². The normalized spacial score (nSPS) is 13.9. The molecule has 22 heavy (non-hydrogen) atoms. The fourth-order valence-corrected chi connectivity index (χ4v) is 2.58. The van der Waals surface area contributed by atoms with E-state index in [2.05, 4.69) is 32.9 Å². The number of aryl methyl sites for hydroxylation is 1. The fraction of sp³-hybridized carbons (Fsp3) is 0.368. The molecule has 0 spiro atoms. The first kappa shape index (κ1) is 16.2. The third-order valence-corrected chi connectivity index (χ3v) is 3.90. The molecule has 0 atom stereocenters. The lowest BCUT2D eigenvalue weighted by atomic mass is 9.94. The summed E-state index contributed by atoms with van der Waals surface area (Å²) < 4.78 is 4.72. The van der Waals surface area contributed by atoms with Gasteiger partial charge in [0.1, 0.15) is 0 Å². The number of hydrogen-bond donors (Lipinski definition) is 0. The van der Waals surface area contributed by atoms with Crippen molar-refractivity contribution in [1.82, 2.24) is 0 Å². The van der Waals surface area contributed by atoms with Crippen LogP contribution in [-0.2, 0) is 11.2 Å². The van der Waals surface area contributed by atoms with Crippen LogP contribution in [0.4, 0.5) is 0 Å². The Morgan fingerprint density at radius 3 is 2.50 bits per heavy atom. The van der Waals surface area contributed by atoms with Crippen molar-refractivity contribution in [2.24, 2.45) is 0 Å². The zero-order chi connectivity index (χ0) is 16.3. The van der Waals surface area contributed by atoms with Crippen molar-refractivity contribution in [3.63, 3.8) is 0 Å².